The molecule has 0 radical (unpaired) electrons. The van der Waals surface area contributed by atoms with E-state index in [1.54, 1.807) is 18.3 Å². The van der Waals surface area contributed by atoms with Gasteiger partial charge in [0.25, 0.3) is 0 Å². The number of carbonyl (C=O) groups excluding carboxylic acids is 1. The highest BCUT2D eigenvalue weighted by Crippen LogP contribution is 2.31. The lowest BCUT2D eigenvalue weighted by Gasteiger charge is -2.07. The van der Waals surface area contributed by atoms with Gasteiger partial charge in [-0.15, -0.1) is 0 Å². The predicted octanol–water partition coefficient (Wildman–Crippen LogP) is 6.48. The number of benzene rings is 1. The number of phenolic OH excluding ortho intramolecular Hbond substituents is 1. The summed E-state index contributed by atoms with van der Waals surface area (Å²) >= 11 is 0. The number of unbranched alkanes of at least 4 members (excludes halogenated alkanes) is 10. The molecule has 4 heteroatoms. The van der Waals surface area contributed by atoms with Gasteiger partial charge >= 0.3 is 5.97 Å². The van der Waals surface area contributed by atoms with E-state index in [4.69, 9.17) is 4.74 Å². The van der Waals surface area contributed by atoms with Crippen LogP contribution in [0.2, 0.25) is 0 Å². The van der Waals surface area contributed by atoms with Gasteiger partial charge in [0.05, 0.1) is 0 Å². The van der Waals surface area contributed by atoms with Crippen molar-refractivity contribution in [2.24, 2.45) is 0 Å². The fraction of sp³-hybridized carbons (Fsp3) is 0.591. The number of rotatable bonds is 13. The Morgan fingerprint density at radius 3 is 2.23 bits per heavy atom. The Morgan fingerprint density at radius 2 is 1.58 bits per heavy atom. The van der Waals surface area contributed by atoms with Gasteiger partial charge in [-0.2, -0.15) is 0 Å². The Balaban J connectivity index is 1.53. The van der Waals surface area contributed by atoms with Crippen LogP contribution in [0.25, 0.3) is 10.9 Å². The van der Waals surface area contributed by atoms with Gasteiger partial charge < -0.3 is 14.8 Å². The second-order valence-electron chi connectivity index (χ2n) is 7.14. The number of aromatic amines is 1. The maximum Gasteiger partial charge on any atom is 0.311 e. The number of hydrogen-bond donors (Lipinski definition) is 2. The molecular formula is C22H33NO3. The summed E-state index contributed by atoms with van der Waals surface area (Å²) in [4.78, 5) is 15.0. The van der Waals surface area contributed by atoms with Crippen LogP contribution in [-0.2, 0) is 4.79 Å². The van der Waals surface area contributed by atoms with Gasteiger partial charge in [0.1, 0.15) is 0 Å². The average Bonchev–Trinajstić information content (AvgIpc) is 3.07. The van der Waals surface area contributed by atoms with Gasteiger partial charge in [-0.3, -0.25) is 4.79 Å². The third-order valence-electron chi connectivity index (χ3n) is 4.84. The van der Waals surface area contributed by atoms with Crippen LogP contribution in [0.1, 0.15) is 84.0 Å². The van der Waals surface area contributed by atoms with E-state index < -0.39 is 0 Å². The predicted molar refractivity (Wildman–Crippen MR) is 107 cm³/mol. The second kappa shape index (κ2) is 11.6. The topological polar surface area (TPSA) is 62.3 Å². The first-order valence-corrected chi connectivity index (χ1v) is 10.2. The summed E-state index contributed by atoms with van der Waals surface area (Å²) in [5.74, 6) is -0.0384. The minimum absolute atomic E-state index is 0.00719. The smallest absolute Gasteiger partial charge is 0.311 e. The van der Waals surface area contributed by atoms with Crippen LogP contribution >= 0.6 is 0 Å². The zero-order chi connectivity index (χ0) is 18.6. The molecule has 1 aromatic carbocycles. The number of phenols is 1. The summed E-state index contributed by atoms with van der Waals surface area (Å²) in [7, 11) is 0. The molecule has 0 atom stereocenters. The Labute approximate surface area is 157 Å². The molecule has 2 rings (SSSR count). The van der Waals surface area contributed by atoms with Crippen molar-refractivity contribution in [3.63, 3.8) is 0 Å². The monoisotopic (exact) mass is 359 g/mol. The summed E-state index contributed by atoms with van der Waals surface area (Å²) in [6, 6.07) is 5.16. The Kier molecular flexibility index (Phi) is 9.08. The summed E-state index contributed by atoms with van der Waals surface area (Å²) in [6.45, 7) is 2.25. The number of H-pyrrole nitrogens is 1. The molecule has 26 heavy (non-hydrogen) atoms. The SMILES string of the molecule is CCCCCCCCCCCCCC(=O)Oc1cc2cc[nH]c2cc1O. The van der Waals surface area contributed by atoms with Gasteiger partial charge in [0.15, 0.2) is 11.5 Å². The summed E-state index contributed by atoms with van der Waals surface area (Å²) in [5.41, 5.74) is 0.827. The first-order chi connectivity index (χ1) is 12.7. The normalized spacial score (nSPS) is 11.1. The van der Waals surface area contributed by atoms with E-state index in [1.165, 1.54) is 57.8 Å². The molecule has 4 nitrogen and oxygen atoms in total. The lowest BCUT2D eigenvalue weighted by Crippen LogP contribution is -2.07. The maximum absolute atomic E-state index is 12.0. The van der Waals surface area contributed by atoms with Crippen molar-refractivity contribution in [3.8, 4) is 11.5 Å². The maximum atomic E-state index is 12.0. The molecule has 0 saturated carbocycles. The van der Waals surface area contributed by atoms with Crippen molar-refractivity contribution >= 4 is 16.9 Å². The van der Waals surface area contributed by atoms with Crippen molar-refractivity contribution < 1.29 is 14.6 Å². The first kappa shape index (κ1) is 20.3. The van der Waals surface area contributed by atoms with E-state index in [0.29, 0.717) is 6.42 Å². The lowest BCUT2D eigenvalue weighted by atomic mass is 10.1. The van der Waals surface area contributed by atoms with Crippen LogP contribution in [0, 0.1) is 0 Å². The quantitative estimate of drug-likeness (QED) is 0.244. The second-order valence-corrected chi connectivity index (χ2v) is 7.14. The van der Waals surface area contributed by atoms with Crippen LogP contribution in [0.15, 0.2) is 24.4 Å². The summed E-state index contributed by atoms with van der Waals surface area (Å²) in [6.07, 6.45) is 16.0. The largest absolute Gasteiger partial charge is 0.504 e. The molecule has 0 bridgehead atoms. The third-order valence-corrected chi connectivity index (χ3v) is 4.84. The number of carbonyl (C=O) groups is 1. The van der Waals surface area contributed by atoms with E-state index in [1.807, 2.05) is 6.07 Å². The first-order valence-electron chi connectivity index (χ1n) is 10.2. The van der Waals surface area contributed by atoms with E-state index in [9.17, 15) is 9.90 Å². The summed E-state index contributed by atoms with van der Waals surface area (Å²) in [5, 5.41) is 10.9. The van der Waals surface area contributed by atoms with Crippen molar-refractivity contribution in [1.82, 2.24) is 4.98 Å². The number of esters is 1. The molecule has 0 spiro atoms. The molecule has 1 aromatic heterocycles. The Morgan fingerprint density at radius 1 is 0.962 bits per heavy atom. The van der Waals surface area contributed by atoms with Gasteiger partial charge in [-0.05, 0) is 18.6 Å². The number of nitrogens with one attached hydrogen (secondary N) is 1. The van der Waals surface area contributed by atoms with Gasteiger partial charge in [0, 0.05) is 29.6 Å². The minimum atomic E-state index is -0.272. The molecule has 0 aliphatic heterocycles. The van der Waals surface area contributed by atoms with Gasteiger partial charge in [-0.1, -0.05) is 71.1 Å². The molecular weight excluding hydrogens is 326 g/mol. The van der Waals surface area contributed by atoms with E-state index >= 15 is 0 Å². The van der Waals surface area contributed by atoms with Crippen molar-refractivity contribution in [2.75, 3.05) is 0 Å². The zero-order valence-corrected chi connectivity index (χ0v) is 16.1. The standard InChI is InChI=1S/C22H33NO3/c1-2-3-4-5-6-7-8-9-10-11-12-13-22(25)26-21-16-18-14-15-23-19(18)17-20(21)24/h14-17,23-24H,2-13H2,1H3. The molecule has 2 aromatic rings. The third kappa shape index (κ3) is 7.11. The highest BCUT2D eigenvalue weighted by atomic mass is 16.5. The Bertz CT molecular complexity index is 662. The molecule has 2 N–H and O–H groups in total. The number of aromatic hydroxyl groups is 1. The molecule has 0 unspecified atom stereocenters. The van der Waals surface area contributed by atoms with Crippen LogP contribution in [0.4, 0.5) is 0 Å². The van der Waals surface area contributed by atoms with Gasteiger partial charge in [-0.25, -0.2) is 0 Å². The van der Waals surface area contributed by atoms with Gasteiger partial charge in [0.2, 0.25) is 0 Å². The van der Waals surface area contributed by atoms with Crippen LogP contribution in [0.5, 0.6) is 11.5 Å². The number of aromatic nitrogens is 1. The zero-order valence-electron chi connectivity index (χ0n) is 16.1. The molecule has 0 fully saturated rings. The van der Waals surface area contributed by atoms with Crippen LogP contribution < -0.4 is 4.74 Å². The van der Waals surface area contributed by atoms with Crippen LogP contribution in [0.3, 0.4) is 0 Å². The molecule has 0 aliphatic rings. The van der Waals surface area contributed by atoms with Crippen LogP contribution in [-0.4, -0.2) is 16.1 Å². The number of fused-ring (bicyclic) bond motifs is 1. The molecule has 0 aliphatic carbocycles. The fourth-order valence-corrected chi connectivity index (χ4v) is 3.26. The molecule has 1 heterocycles. The number of ether oxygens (including phenoxy) is 1. The lowest BCUT2D eigenvalue weighted by molar-refractivity contribution is -0.134. The highest BCUT2D eigenvalue weighted by molar-refractivity contribution is 5.84. The number of hydrogen-bond acceptors (Lipinski definition) is 3. The highest BCUT2D eigenvalue weighted by Gasteiger charge is 2.10. The molecule has 0 saturated heterocycles. The van der Waals surface area contributed by atoms with Crippen molar-refractivity contribution in [1.29, 1.82) is 0 Å². The summed E-state index contributed by atoms with van der Waals surface area (Å²) < 4.78 is 5.31. The average molecular weight is 360 g/mol. The fourth-order valence-electron chi connectivity index (χ4n) is 3.26. The minimum Gasteiger partial charge on any atom is -0.504 e. The van der Waals surface area contributed by atoms with E-state index in [0.717, 1.165) is 23.7 Å². The Hall–Kier alpha value is -1.97. The van der Waals surface area contributed by atoms with Crippen molar-refractivity contribution in [2.45, 2.75) is 84.0 Å². The molecule has 0 amide bonds. The molecule has 144 valence electrons. The van der Waals surface area contributed by atoms with E-state index in [-0.39, 0.29) is 17.5 Å². The van der Waals surface area contributed by atoms with Crippen molar-refractivity contribution in [3.05, 3.63) is 24.4 Å². The van der Waals surface area contributed by atoms with E-state index in [2.05, 4.69) is 11.9 Å².